The normalized spacial score (nSPS) is 11.1. The van der Waals surface area contributed by atoms with E-state index in [0.717, 1.165) is 12.1 Å². The van der Waals surface area contributed by atoms with Crippen LogP contribution in [-0.4, -0.2) is 24.5 Å². The Kier molecular flexibility index (Phi) is 3.77. The van der Waals surface area contributed by atoms with Crippen molar-refractivity contribution in [3.63, 3.8) is 0 Å². The number of hydrogen-bond acceptors (Lipinski definition) is 4. The fraction of sp³-hybridized carbons (Fsp3) is 0.333. The van der Waals surface area contributed by atoms with Gasteiger partial charge in [0.25, 0.3) is 0 Å². The predicted octanol–water partition coefficient (Wildman–Crippen LogP) is 1.04. The fourth-order valence-electron chi connectivity index (χ4n) is 1.09. The number of anilines is 2. The summed E-state index contributed by atoms with van der Waals surface area (Å²) in [4.78, 5) is 14.3. The summed E-state index contributed by atoms with van der Waals surface area (Å²) in [6.07, 6.45) is -4.47. The van der Waals surface area contributed by atoms with E-state index in [2.05, 4.69) is 15.6 Å². The van der Waals surface area contributed by atoms with Crippen LogP contribution in [0.1, 0.15) is 5.56 Å². The number of nitrogens with one attached hydrogen (secondary N) is 2. The number of hydrogen-bond donors (Lipinski definition) is 3. The first-order chi connectivity index (χ1) is 7.82. The molecule has 0 radical (unpaired) electrons. The molecule has 0 fully saturated rings. The molecule has 0 bridgehead atoms. The number of aromatic nitrogens is 1. The first-order valence-corrected chi connectivity index (χ1v) is 4.62. The summed E-state index contributed by atoms with van der Waals surface area (Å²) in [5, 5.41) is 4.91. The van der Waals surface area contributed by atoms with Crippen LogP contribution in [0.15, 0.2) is 12.1 Å². The van der Waals surface area contributed by atoms with Gasteiger partial charge in [-0.25, -0.2) is 4.98 Å². The average molecular weight is 248 g/mol. The Bertz CT molecular complexity index is 419. The lowest BCUT2D eigenvalue weighted by atomic mass is 10.2. The Morgan fingerprint density at radius 3 is 2.47 bits per heavy atom. The van der Waals surface area contributed by atoms with Crippen molar-refractivity contribution in [2.24, 2.45) is 5.73 Å². The van der Waals surface area contributed by atoms with Crippen LogP contribution in [-0.2, 0) is 11.0 Å². The SMILES string of the molecule is CNc1cc(C(F)(F)F)cc(NCC(N)=O)n1. The predicted molar refractivity (Wildman–Crippen MR) is 56.5 cm³/mol. The second-order valence-corrected chi connectivity index (χ2v) is 3.19. The van der Waals surface area contributed by atoms with Gasteiger partial charge >= 0.3 is 6.18 Å². The van der Waals surface area contributed by atoms with Crippen molar-refractivity contribution in [1.82, 2.24) is 4.98 Å². The highest BCUT2D eigenvalue weighted by atomic mass is 19.4. The number of rotatable bonds is 4. The molecule has 0 aliphatic heterocycles. The van der Waals surface area contributed by atoms with Crippen LogP contribution in [0.2, 0.25) is 0 Å². The smallest absolute Gasteiger partial charge is 0.373 e. The zero-order chi connectivity index (χ0) is 13.1. The third-order valence-corrected chi connectivity index (χ3v) is 1.85. The number of pyridine rings is 1. The quantitative estimate of drug-likeness (QED) is 0.743. The van der Waals surface area contributed by atoms with E-state index >= 15 is 0 Å². The Morgan fingerprint density at radius 2 is 2.00 bits per heavy atom. The second kappa shape index (κ2) is 4.89. The van der Waals surface area contributed by atoms with Gasteiger partial charge in [0.15, 0.2) is 0 Å². The monoisotopic (exact) mass is 248 g/mol. The van der Waals surface area contributed by atoms with Crippen molar-refractivity contribution in [2.45, 2.75) is 6.18 Å². The van der Waals surface area contributed by atoms with Crippen LogP contribution in [0.3, 0.4) is 0 Å². The third-order valence-electron chi connectivity index (χ3n) is 1.85. The highest BCUT2D eigenvalue weighted by molar-refractivity contribution is 5.78. The molecule has 0 unspecified atom stereocenters. The first kappa shape index (κ1) is 13.1. The van der Waals surface area contributed by atoms with Crippen molar-refractivity contribution >= 4 is 17.5 Å². The molecule has 0 spiro atoms. The maximum atomic E-state index is 12.5. The highest BCUT2D eigenvalue weighted by Gasteiger charge is 2.31. The minimum Gasteiger partial charge on any atom is -0.373 e. The Hall–Kier alpha value is -1.99. The minimum atomic E-state index is -4.47. The molecule has 0 saturated carbocycles. The summed E-state index contributed by atoms with van der Waals surface area (Å²) >= 11 is 0. The molecule has 94 valence electrons. The van der Waals surface area contributed by atoms with Gasteiger partial charge in [0, 0.05) is 7.05 Å². The van der Waals surface area contributed by atoms with Crippen LogP contribution in [0.25, 0.3) is 0 Å². The topological polar surface area (TPSA) is 80.0 Å². The summed E-state index contributed by atoms with van der Waals surface area (Å²) in [5.41, 5.74) is 4.01. The number of alkyl halides is 3. The van der Waals surface area contributed by atoms with E-state index in [-0.39, 0.29) is 18.2 Å². The maximum Gasteiger partial charge on any atom is 0.416 e. The van der Waals surface area contributed by atoms with Crippen LogP contribution in [0.4, 0.5) is 24.8 Å². The molecule has 1 aromatic rings. The van der Waals surface area contributed by atoms with E-state index in [4.69, 9.17) is 5.73 Å². The van der Waals surface area contributed by atoms with Gasteiger partial charge < -0.3 is 16.4 Å². The lowest BCUT2D eigenvalue weighted by Gasteiger charge is -2.11. The summed E-state index contributed by atoms with van der Waals surface area (Å²) in [7, 11) is 1.44. The molecular formula is C9H11F3N4O. The van der Waals surface area contributed by atoms with Gasteiger partial charge in [-0.1, -0.05) is 0 Å². The van der Waals surface area contributed by atoms with E-state index in [9.17, 15) is 18.0 Å². The van der Waals surface area contributed by atoms with E-state index in [1.807, 2.05) is 0 Å². The molecule has 5 nitrogen and oxygen atoms in total. The van der Waals surface area contributed by atoms with Crippen LogP contribution < -0.4 is 16.4 Å². The van der Waals surface area contributed by atoms with Gasteiger partial charge in [-0.3, -0.25) is 4.79 Å². The van der Waals surface area contributed by atoms with E-state index in [0.29, 0.717) is 0 Å². The zero-order valence-corrected chi connectivity index (χ0v) is 8.93. The summed E-state index contributed by atoms with van der Waals surface area (Å²) < 4.78 is 37.5. The van der Waals surface area contributed by atoms with Crippen LogP contribution in [0.5, 0.6) is 0 Å². The van der Waals surface area contributed by atoms with E-state index < -0.39 is 17.6 Å². The number of nitrogens with two attached hydrogens (primary N) is 1. The number of amides is 1. The number of carbonyl (C=O) groups is 1. The van der Waals surface area contributed by atoms with Crippen molar-refractivity contribution in [1.29, 1.82) is 0 Å². The van der Waals surface area contributed by atoms with Gasteiger partial charge in [0.05, 0.1) is 12.1 Å². The van der Waals surface area contributed by atoms with Crippen molar-refractivity contribution in [3.05, 3.63) is 17.7 Å². The molecule has 17 heavy (non-hydrogen) atoms. The molecule has 0 saturated heterocycles. The molecule has 0 aromatic carbocycles. The van der Waals surface area contributed by atoms with Gasteiger partial charge in [-0.15, -0.1) is 0 Å². The van der Waals surface area contributed by atoms with Crippen molar-refractivity contribution < 1.29 is 18.0 Å². The maximum absolute atomic E-state index is 12.5. The van der Waals surface area contributed by atoms with Gasteiger partial charge in [0.1, 0.15) is 11.6 Å². The standard InChI is InChI=1S/C9H11F3N4O/c1-14-7-2-5(9(10,11)12)3-8(16-7)15-4-6(13)17/h2-3H,4H2,1H3,(H2,13,17)(H2,14,15,16). The minimum absolute atomic E-state index is 0.0480. The van der Waals surface area contributed by atoms with Gasteiger partial charge in [0.2, 0.25) is 5.91 Å². The third kappa shape index (κ3) is 3.82. The number of nitrogens with zero attached hydrogens (tertiary/aromatic N) is 1. The summed E-state index contributed by atoms with van der Waals surface area (Å²) in [6.45, 7) is -0.280. The Labute approximate surface area is 95.2 Å². The molecule has 0 aliphatic carbocycles. The molecule has 1 amide bonds. The lowest BCUT2D eigenvalue weighted by molar-refractivity contribution is -0.137. The molecule has 0 aliphatic rings. The molecule has 1 heterocycles. The van der Waals surface area contributed by atoms with Crippen LogP contribution in [0, 0.1) is 0 Å². The Morgan fingerprint density at radius 1 is 1.41 bits per heavy atom. The molecule has 1 aromatic heterocycles. The van der Waals surface area contributed by atoms with Gasteiger partial charge in [-0.2, -0.15) is 13.2 Å². The first-order valence-electron chi connectivity index (χ1n) is 4.62. The summed E-state index contributed by atoms with van der Waals surface area (Å²) in [6, 6.07) is 1.68. The average Bonchev–Trinajstić information content (AvgIpc) is 2.24. The second-order valence-electron chi connectivity index (χ2n) is 3.19. The number of primary amides is 1. The highest BCUT2D eigenvalue weighted by Crippen LogP contribution is 2.31. The zero-order valence-electron chi connectivity index (χ0n) is 8.93. The number of carbonyl (C=O) groups excluding carboxylic acids is 1. The molecular weight excluding hydrogens is 237 g/mol. The Balaban J connectivity index is 3.01. The lowest BCUT2D eigenvalue weighted by Crippen LogP contribution is -2.22. The molecule has 1 rings (SSSR count). The molecule has 4 N–H and O–H groups in total. The molecule has 8 heteroatoms. The number of halogens is 3. The van der Waals surface area contributed by atoms with E-state index in [1.165, 1.54) is 7.05 Å². The largest absolute Gasteiger partial charge is 0.416 e. The van der Waals surface area contributed by atoms with Gasteiger partial charge in [-0.05, 0) is 12.1 Å². The molecule has 0 atom stereocenters. The summed E-state index contributed by atoms with van der Waals surface area (Å²) in [5.74, 6) is -0.704. The van der Waals surface area contributed by atoms with E-state index in [1.54, 1.807) is 0 Å². The van der Waals surface area contributed by atoms with Crippen molar-refractivity contribution in [3.8, 4) is 0 Å². The van der Waals surface area contributed by atoms with Crippen LogP contribution >= 0.6 is 0 Å². The fourth-order valence-corrected chi connectivity index (χ4v) is 1.09. The van der Waals surface area contributed by atoms with Crippen molar-refractivity contribution in [2.75, 3.05) is 24.2 Å².